The van der Waals surface area contributed by atoms with Crippen molar-refractivity contribution in [3.8, 4) is 33.4 Å². The number of nitrogens with one attached hydrogen (secondary N) is 1. The zero-order valence-corrected chi connectivity index (χ0v) is 34.0. The summed E-state index contributed by atoms with van der Waals surface area (Å²) in [7, 11) is 0. The maximum Gasteiger partial charge on any atom is 0.145 e. The molecule has 0 fully saturated rings. The van der Waals surface area contributed by atoms with Gasteiger partial charge in [0.15, 0.2) is 0 Å². The molecule has 1 N–H and O–H groups in total. The Morgan fingerprint density at radius 1 is 0.387 bits per heavy atom. The lowest BCUT2D eigenvalue weighted by Gasteiger charge is -2.45. The fraction of sp³-hybridized carbons (Fsp3) is 0.0339. The van der Waals surface area contributed by atoms with Crippen molar-refractivity contribution in [3.05, 3.63) is 276 Å². The summed E-state index contributed by atoms with van der Waals surface area (Å²) >= 11 is 0. The van der Waals surface area contributed by atoms with Crippen LogP contribution in [0.25, 0.3) is 39.1 Å². The maximum atomic E-state index is 5.31. The van der Waals surface area contributed by atoms with Gasteiger partial charge in [-0.1, -0.05) is 194 Å². The van der Waals surface area contributed by atoms with Crippen LogP contribution in [0.3, 0.4) is 0 Å². The van der Waals surface area contributed by atoms with Crippen molar-refractivity contribution in [1.29, 1.82) is 0 Å². The Labute approximate surface area is 362 Å². The summed E-state index contributed by atoms with van der Waals surface area (Å²) in [5.74, 6) is 0. The summed E-state index contributed by atoms with van der Waals surface area (Å²) in [5, 5.41) is 3.71. The number of fused-ring (bicyclic) bond motifs is 9. The van der Waals surface area contributed by atoms with Gasteiger partial charge in [-0.15, -0.1) is 0 Å². The number of hydrogen-bond donors (Lipinski definition) is 1. The molecule has 0 saturated heterocycles. The number of aliphatic imine (C=N–C) groups is 1. The van der Waals surface area contributed by atoms with Gasteiger partial charge in [-0.2, -0.15) is 0 Å². The predicted octanol–water partition coefficient (Wildman–Crippen LogP) is 14.3. The topological polar surface area (TPSA) is 27.6 Å². The van der Waals surface area contributed by atoms with E-state index in [-0.39, 0.29) is 6.17 Å². The van der Waals surface area contributed by atoms with Gasteiger partial charge in [0.25, 0.3) is 0 Å². The number of nitrogens with zero attached hydrogens (tertiary/aromatic N) is 2. The van der Waals surface area contributed by atoms with Crippen LogP contribution in [0.2, 0.25) is 0 Å². The van der Waals surface area contributed by atoms with Crippen molar-refractivity contribution in [3.63, 3.8) is 0 Å². The van der Waals surface area contributed by atoms with Gasteiger partial charge in [-0.3, -0.25) is 4.99 Å². The average Bonchev–Trinajstić information content (AvgIpc) is 3.65. The van der Waals surface area contributed by atoms with Gasteiger partial charge in [0.05, 0.1) is 22.5 Å². The van der Waals surface area contributed by atoms with E-state index in [4.69, 9.17) is 4.99 Å². The fourth-order valence-electron chi connectivity index (χ4n) is 10.2. The van der Waals surface area contributed by atoms with Crippen molar-refractivity contribution in [2.75, 3.05) is 4.90 Å². The van der Waals surface area contributed by atoms with Crippen LogP contribution in [0.4, 0.5) is 17.1 Å². The molecule has 1 unspecified atom stereocenters. The normalized spacial score (nSPS) is 15.4. The lowest BCUT2D eigenvalue weighted by Crippen LogP contribution is -2.36. The summed E-state index contributed by atoms with van der Waals surface area (Å²) in [6.45, 7) is 0. The highest BCUT2D eigenvalue weighted by molar-refractivity contribution is 6.13. The Hall–Kier alpha value is -8.01. The highest BCUT2D eigenvalue weighted by atomic mass is 15.2. The van der Waals surface area contributed by atoms with Crippen LogP contribution in [-0.4, -0.2) is 5.71 Å². The Kier molecular flexibility index (Phi) is 8.46. The van der Waals surface area contributed by atoms with Gasteiger partial charge in [0.2, 0.25) is 0 Å². The molecule has 3 heteroatoms. The largest absolute Gasteiger partial charge is 0.360 e. The highest BCUT2D eigenvalue weighted by Crippen LogP contribution is 2.63. The van der Waals surface area contributed by atoms with Crippen LogP contribution in [0.1, 0.15) is 45.1 Å². The van der Waals surface area contributed by atoms with Gasteiger partial charge >= 0.3 is 0 Å². The molecule has 2 aliphatic heterocycles. The minimum absolute atomic E-state index is 0.208. The molecule has 1 spiro atoms. The first kappa shape index (κ1) is 35.9. The Morgan fingerprint density at radius 3 is 1.60 bits per heavy atom. The number of para-hydroxylation sites is 3. The average molecular weight is 792 g/mol. The molecular formula is C59H41N3. The van der Waals surface area contributed by atoms with E-state index in [0.717, 1.165) is 39.3 Å². The quantitative estimate of drug-likeness (QED) is 0.182. The highest BCUT2D eigenvalue weighted by Gasteiger charge is 2.51. The molecule has 1 aliphatic carbocycles. The number of benzene rings is 9. The predicted molar refractivity (Wildman–Crippen MR) is 256 cm³/mol. The summed E-state index contributed by atoms with van der Waals surface area (Å²) < 4.78 is 0. The molecule has 0 bridgehead atoms. The van der Waals surface area contributed by atoms with Crippen molar-refractivity contribution in [2.24, 2.45) is 4.99 Å². The molecule has 9 aromatic rings. The minimum atomic E-state index is -0.527. The zero-order valence-electron chi connectivity index (χ0n) is 34.0. The summed E-state index contributed by atoms with van der Waals surface area (Å²) in [4.78, 5) is 7.75. The molecule has 1 atom stereocenters. The van der Waals surface area contributed by atoms with E-state index in [1.54, 1.807) is 0 Å². The molecule has 3 aliphatic rings. The maximum absolute atomic E-state index is 5.31. The van der Waals surface area contributed by atoms with E-state index in [1.807, 2.05) is 0 Å². The van der Waals surface area contributed by atoms with Crippen LogP contribution < -0.4 is 10.2 Å². The Bertz CT molecular complexity index is 3170. The second kappa shape index (κ2) is 14.6. The van der Waals surface area contributed by atoms with Crippen LogP contribution in [0, 0.1) is 0 Å². The summed E-state index contributed by atoms with van der Waals surface area (Å²) in [5.41, 5.74) is 20.8. The van der Waals surface area contributed by atoms with Gasteiger partial charge in [0, 0.05) is 16.9 Å². The number of hydrogen-bond acceptors (Lipinski definition) is 3. The number of anilines is 3. The summed E-state index contributed by atoms with van der Waals surface area (Å²) in [6.07, 6.45) is 1.98. The van der Waals surface area contributed by atoms with E-state index in [1.165, 1.54) is 61.4 Å². The standard InChI is InChI=1S/C59H41N3/c1-4-19-40(20-5-1)54-39-55(61-58(60-54)41-21-6-2-7-22-41)44-24-18-23-42(37-44)46-27-10-11-28-47(46)43-35-36-49-48-29-12-13-30-50(48)59(53(49)38-43)51-31-14-16-33-56(51)62(45-25-8-3-9-26-45)57-34-17-15-32-52(57)59/h1-39,58,60H. The fourth-order valence-corrected chi connectivity index (χ4v) is 10.2. The van der Waals surface area contributed by atoms with E-state index < -0.39 is 5.41 Å². The first-order chi connectivity index (χ1) is 30.8. The second-order valence-corrected chi connectivity index (χ2v) is 16.3. The van der Waals surface area contributed by atoms with Crippen molar-refractivity contribution in [1.82, 2.24) is 5.32 Å². The molecule has 292 valence electrons. The smallest absolute Gasteiger partial charge is 0.145 e. The first-order valence-electron chi connectivity index (χ1n) is 21.4. The van der Waals surface area contributed by atoms with Gasteiger partial charge in [-0.25, -0.2) is 0 Å². The lowest BCUT2D eigenvalue weighted by atomic mass is 9.64. The van der Waals surface area contributed by atoms with Gasteiger partial charge in [0.1, 0.15) is 6.17 Å². The van der Waals surface area contributed by atoms with E-state index >= 15 is 0 Å². The molecule has 0 radical (unpaired) electrons. The Balaban J connectivity index is 1.02. The van der Waals surface area contributed by atoms with Crippen LogP contribution in [-0.2, 0) is 5.41 Å². The number of rotatable bonds is 6. The zero-order chi connectivity index (χ0) is 41.0. The van der Waals surface area contributed by atoms with E-state index in [2.05, 4.69) is 247 Å². The van der Waals surface area contributed by atoms with Gasteiger partial charge in [-0.05, 0) is 109 Å². The third-order valence-electron chi connectivity index (χ3n) is 12.9. The molecular weight excluding hydrogens is 751 g/mol. The van der Waals surface area contributed by atoms with Crippen molar-refractivity contribution >= 4 is 28.5 Å². The molecule has 2 heterocycles. The first-order valence-corrected chi connectivity index (χ1v) is 21.4. The van der Waals surface area contributed by atoms with Crippen LogP contribution >= 0.6 is 0 Å². The van der Waals surface area contributed by atoms with Crippen molar-refractivity contribution in [2.45, 2.75) is 11.6 Å². The van der Waals surface area contributed by atoms with Crippen LogP contribution in [0.15, 0.2) is 242 Å². The molecule has 0 amide bonds. The number of allylic oxidation sites excluding steroid dienone is 1. The van der Waals surface area contributed by atoms with E-state index in [0.29, 0.717) is 0 Å². The summed E-state index contributed by atoms with van der Waals surface area (Å²) in [6, 6.07) is 83.8. The van der Waals surface area contributed by atoms with E-state index in [9.17, 15) is 0 Å². The molecule has 3 nitrogen and oxygen atoms in total. The van der Waals surface area contributed by atoms with Crippen molar-refractivity contribution < 1.29 is 0 Å². The SMILES string of the molecule is C1=C(c2ccccc2)NC(c2ccccc2)N=C1c1cccc(-c2ccccc2-c2ccc3c(c2)C2(c4ccccc4-3)c3ccccc3N(c3ccccc3)c3ccccc32)c1. The Morgan fingerprint density at radius 2 is 0.903 bits per heavy atom. The molecule has 0 aromatic heterocycles. The van der Waals surface area contributed by atoms with Gasteiger partial charge < -0.3 is 10.2 Å². The third kappa shape index (κ3) is 5.63. The molecule has 0 saturated carbocycles. The van der Waals surface area contributed by atoms with Crippen LogP contribution in [0.5, 0.6) is 0 Å². The molecule has 62 heavy (non-hydrogen) atoms. The third-order valence-corrected chi connectivity index (χ3v) is 12.9. The minimum Gasteiger partial charge on any atom is -0.360 e. The lowest BCUT2D eigenvalue weighted by molar-refractivity contribution is 0.664. The monoisotopic (exact) mass is 791 g/mol. The molecule has 12 rings (SSSR count). The second-order valence-electron chi connectivity index (χ2n) is 16.3. The molecule has 9 aromatic carbocycles.